The average Bonchev–Trinajstić information content (AvgIpc) is 2.70. The molecule has 16 heavy (non-hydrogen) atoms. The summed E-state index contributed by atoms with van der Waals surface area (Å²) in [6.07, 6.45) is 0. The first-order valence-electron chi connectivity index (χ1n) is 5.25. The third-order valence-electron chi connectivity index (χ3n) is 2.80. The molecule has 0 radical (unpaired) electrons. The van der Waals surface area contributed by atoms with Gasteiger partial charge in [-0.2, -0.15) is 0 Å². The lowest BCUT2D eigenvalue weighted by molar-refractivity contribution is -0.138. The van der Waals surface area contributed by atoms with Gasteiger partial charge >= 0.3 is 5.97 Å². The van der Waals surface area contributed by atoms with Gasteiger partial charge in [0.2, 0.25) is 0 Å². The maximum atomic E-state index is 10.9. The Bertz CT molecular complexity index is 419. The van der Waals surface area contributed by atoms with Crippen molar-refractivity contribution in [3.63, 3.8) is 0 Å². The van der Waals surface area contributed by atoms with E-state index < -0.39 is 12.0 Å². The first-order chi connectivity index (χ1) is 7.58. The van der Waals surface area contributed by atoms with Gasteiger partial charge in [0.05, 0.1) is 5.37 Å². The minimum Gasteiger partial charge on any atom is -0.480 e. The molecular weight excluding hydrogens is 222 g/mol. The van der Waals surface area contributed by atoms with Crippen LogP contribution in [0.1, 0.15) is 22.1 Å². The number of benzene rings is 1. The van der Waals surface area contributed by atoms with Gasteiger partial charge in [-0.1, -0.05) is 23.8 Å². The SMILES string of the molecule is Cc1ccc(C)c(C2N[C@H](C(=O)O)CS2)c1. The Morgan fingerprint density at radius 1 is 1.50 bits per heavy atom. The van der Waals surface area contributed by atoms with E-state index in [0.29, 0.717) is 5.75 Å². The predicted molar refractivity (Wildman–Crippen MR) is 65.7 cm³/mol. The highest BCUT2D eigenvalue weighted by atomic mass is 32.2. The molecule has 1 saturated heterocycles. The topological polar surface area (TPSA) is 49.3 Å². The molecule has 0 bridgehead atoms. The van der Waals surface area contributed by atoms with Crippen LogP contribution < -0.4 is 5.32 Å². The number of hydrogen-bond donors (Lipinski definition) is 2. The molecule has 1 aliphatic rings. The van der Waals surface area contributed by atoms with E-state index in [4.69, 9.17) is 5.11 Å². The van der Waals surface area contributed by atoms with E-state index in [9.17, 15) is 4.79 Å². The van der Waals surface area contributed by atoms with E-state index in [-0.39, 0.29) is 5.37 Å². The Morgan fingerprint density at radius 3 is 2.88 bits per heavy atom. The summed E-state index contributed by atoms with van der Waals surface area (Å²) in [5, 5.41) is 12.2. The Hall–Kier alpha value is -1.00. The van der Waals surface area contributed by atoms with Crippen molar-refractivity contribution in [2.45, 2.75) is 25.3 Å². The quantitative estimate of drug-likeness (QED) is 0.827. The first-order valence-corrected chi connectivity index (χ1v) is 6.30. The van der Waals surface area contributed by atoms with Crippen molar-refractivity contribution in [3.05, 3.63) is 34.9 Å². The molecule has 1 fully saturated rings. The van der Waals surface area contributed by atoms with Gasteiger partial charge in [-0.25, -0.2) is 0 Å². The Kier molecular flexibility index (Phi) is 3.21. The fourth-order valence-electron chi connectivity index (χ4n) is 1.84. The van der Waals surface area contributed by atoms with Crippen molar-refractivity contribution in [1.29, 1.82) is 0 Å². The van der Waals surface area contributed by atoms with Crippen LogP contribution in [0.25, 0.3) is 0 Å². The van der Waals surface area contributed by atoms with Gasteiger partial charge in [-0.3, -0.25) is 10.1 Å². The number of carboxylic acid groups (broad SMARTS) is 1. The fraction of sp³-hybridized carbons (Fsp3) is 0.417. The molecule has 1 unspecified atom stereocenters. The molecule has 0 aromatic heterocycles. The maximum Gasteiger partial charge on any atom is 0.321 e. The minimum absolute atomic E-state index is 0.112. The van der Waals surface area contributed by atoms with Gasteiger partial charge in [0.1, 0.15) is 6.04 Å². The summed E-state index contributed by atoms with van der Waals surface area (Å²) in [5.41, 5.74) is 3.62. The van der Waals surface area contributed by atoms with Gasteiger partial charge in [-0.05, 0) is 25.0 Å². The van der Waals surface area contributed by atoms with Crippen LogP contribution in [0.2, 0.25) is 0 Å². The van der Waals surface area contributed by atoms with E-state index in [2.05, 4.69) is 37.4 Å². The molecule has 2 atom stereocenters. The smallest absolute Gasteiger partial charge is 0.321 e. The van der Waals surface area contributed by atoms with E-state index in [0.717, 1.165) is 0 Å². The third kappa shape index (κ3) is 2.23. The average molecular weight is 237 g/mol. The lowest BCUT2D eigenvalue weighted by atomic mass is 10.1. The third-order valence-corrected chi connectivity index (χ3v) is 4.05. The standard InChI is InChI=1S/C12H15NO2S/c1-7-3-4-8(2)9(5-7)11-13-10(6-16-11)12(14)15/h3-5,10-11,13H,6H2,1-2H3,(H,14,15)/t10-,11?/m0/s1. The lowest BCUT2D eigenvalue weighted by Crippen LogP contribution is -2.33. The molecule has 1 aromatic rings. The normalized spacial score (nSPS) is 24.6. The Morgan fingerprint density at radius 2 is 2.25 bits per heavy atom. The summed E-state index contributed by atoms with van der Waals surface area (Å²) in [6.45, 7) is 4.11. The van der Waals surface area contributed by atoms with Crippen molar-refractivity contribution in [3.8, 4) is 0 Å². The highest BCUT2D eigenvalue weighted by Crippen LogP contribution is 2.34. The van der Waals surface area contributed by atoms with Gasteiger partial charge in [-0.15, -0.1) is 11.8 Å². The van der Waals surface area contributed by atoms with E-state index >= 15 is 0 Å². The fourth-order valence-corrected chi connectivity index (χ4v) is 3.15. The number of nitrogens with one attached hydrogen (secondary N) is 1. The summed E-state index contributed by atoms with van der Waals surface area (Å²) >= 11 is 1.66. The maximum absolute atomic E-state index is 10.9. The van der Waals surface area contributed by atoms with Gasteiger partial charge < -0.3 is 5.11 Å². The molecule has 1 aromatic carbocycles. The lowest BCUT2D eigenvalue weighted by Gasteiger charge is -2.14. The highest BCUT2D eigenvalue weighted by molar-refractivity contribution is 7.99. The van der Waals surface area contributed by atoms with E-state index in [1.54, 1.807) is 11.8 Å². The second-order valence-electron chi connectivity index (χ2n) is 4.13. The van der Waals surface area contributed by atoms with Crippen LogP contribution in [0.4, 0.5) is 0 Å². The largest absolute Gasteiger partial charge is 0.480 e. The molecule has 0 saturated carbocycles. The van der Waals surface area contributed by atoms with Gasteiger partial charge in [0, 0.05) is 5.75 Å². The van der Waals surface area contributed by atoms with Crippen molar-refractivity contribution < 1.29 is 9.90 Å². The number of aryl methyl sites for hydroxylation is 2. The van der Waals surface area contributed by atoms with Gasteiger partial charge in [0.15, 0.2) is 0 Å². The Labute approximate surface area is 99.2 Å². The summed E-state index contributed by atoms with van der Waals surface area (Å²) in [4.78, 5) is 10.9. The monoisotopic (exact) mass is 237 g/mol. The van der Waals surface area contributed by atoms with Crippen molar-refractivity contribution in [2.24, 2.45) is 0 Å². The van der Waals surface area contributed by atoms with Crippen LogP contribution >= 0.6 is 11.8 Å². The van der Waals surface area contributed by atoms with Crippen LogP contribution in [0, 0.1) is 13.8 Å². The summed E-state index contributed by atoms with van der Waals surface area (Å²) in [6, 6.07) is 5.87. The van der Waals surface area contributed by atoms with Gasteiger partial charge in [0.25, 0.3) is 0 Å². The van der Waals surface area contributed by atoms with Crippen LogP contribution in [0.3, 0.4) is 0 Å². The molecule has 1 heterocycles. The Balaban J connectivity index is 2.20. The van der Waals surface area contributed by atoms with Crippen LogP contribution in [0.15, 0.2) is 18.2 Å². The molecule has 2 N–H and O–H groups in total. The molecular formula is C12H15NO2S. The zero-order valence-electron chi connectivity index (χ0n) is 9.36. The number of rotatable bonds is 2. The number of hydrogen-bond acceptors (Lipinski definition) is 3. The van der Waals surface area contributed by atoms with Crippen LogP contribution in [-0.2, 0) is 4.79 Å². The predicted octanol–water partition coefficient (Wildman–Crippen LogP) is 2.09. The molecule has 2 rings (SSSR count). The number of carboxylic acids is 1. The first kappa shape index (κ1) is 11.5. The second-order valence-corrected chi connectivity index (χ2v) is 5.27. The minimum atomic E-state index is -0.764. The zero-order valence-corrected chi connectivity index (χ0v) is 10.2. The van der Waals surface area contributed by atoms with E-state index in [1.165, 1.54) is 16.7 Å². The highest BCUT2D eigenvalue weighted by Gasteiger charge is 2.30. The van der Waals surface area contributed by atoms with Crippen molar-refractivity contribution in [2.75, 3.05) is 5.75 Å². The molecule has 3 nitrogen and oxygen atoms in total. The van der Waals surface area contributed by atoms with E-state index in [1.807, 2.05) is 0 Å². The number of carbonyl (C=O) groups is 1. The van der Waals surface area contributed by atoms with Crippen LogP contribution in [0.5, 0.6) is 0 Å². The zero-order chi connectivity index (χ0) is 11.7. The summed E-state index contributed by atoms with van der Waals surface area (Å²) in [7, 11) is 0. The second kappa shape index (κ2) is 4.47. The molecule has 0 aliphatic carbocycles. The van der Waals surface area contributed by atoms with Crippen LogP contribution in [-0.4, -0.2) is 22.9 Å². The summed E-state index contributed by atoms with van der Waals surface area (Å²) in [5.74, 6) is -0.131. The molecule has 86 valence electrons. The molecule has 0 amide bonds. The number of thioether (sulfide) groups is 1. The molecule has 0 spiro atoms. The summed E-state index contributed by atoms with van der Waals surface area (Å²) < 4.78 is 0. The molecule has 1 aliphatic heterocycles. The molecule has 4 heteroatoms. The van der Waals surface area contributed by atoms with Crippen molar-refractivity contribution >= 4 is 17.7 Å². The van der Waals surface area contributed by atoms with Crippen molar-refractivity contribution in [1.82, 2.24) is 5.32 Å². The number of aliphatic carboxylic acids is 1.